The third kappa shape index (κ3) is 4.46. The van der Waals surface area contributed by atoms with Crippen molar-refractivity contribution in [1.29, 1.82) is 0 Å². The highest BCUT2D eigenvalue weighted by atomic mass is 16.5. The molecule has 32 heavy (non-hydrogen) atoms. The van der Waals surface area contributed by atoms with Crippen LogP contribution in [0.15, 0.2) is 0 Å². The number of hydrogen-bond acceptors (Lipinski definition) is 2. The Hall–Kier alpha value is -0.0800. The van der Waals surface area contributed by atoms with Gasteiger partial charge in [0.05, 0.1) is 25.4 Å². The molecule has 5 aliphatic carbocycles. The first-order chi connectivity index (χ1) is 15.9. The summed E-state index contributed by atoms with van der Waals surface area (Å²) in [6, 6.07) is 0. The number of hydrogen-bond donors (Lipinski definition) is 0. The summed E-state index contributed by atoms with van der Waals surface area (Å²) in [5.41, 5.74) is 0. The Morgan fingerprint density at radius 2 is 0.781 bits per heavy atom. The van der Waals surface area contributed by atoms with E-state index in [0.717, 1.165) is 54.6 Å². The van der Waals surface area contributed by atoms with Crippen LogP contribution in [0.4, 0.5) is 0 Å². The minimum absolute atomic E-state index is 0.539. The number of fused-ring (bicyclic) bond motifs is 7. The largest absolute Gasteiger partial charge is 0.378 e. The van der Waals surface area contributed by atoms with E-state index in [0.29, 0.717) is 18.1 Å². The van der Waals surface area contributed by atoms with Crippen molar-refractivity contribution in [2.75, 3.05) is 13.2 Å². The van der Waals surface area contributed by atoms with Gasteiger partial charge >= 0.3 is 0 Å². The molecule has 0 aromatic rings. The van der Waals surface area contributed by atoms with Crippen molar-refractivity contribution in [3.05, 3.63) is 0 Å². The minimum atomic E-state index is 0.539. The molecule has 2 nitrogen and oxygen atoms in total. The normalized spacial score (nSPS) is 48.6. The van der Waals surface area contributed by atoms with Crippen LogP contribution >= 0.6 is 0 Å². The maximum atomic E-state index is 7.07. The topological polar surface area (TPSA) is 18.5 Å². The first-order valence-electron chi connectivity index (χ1n) is 15.1. The summed E-state index contributed by atoms with van der Waals surface area (Å²) in [6.45, 7) is 1.99. The van der Waals surface area contributed by atoms with Crippen molar-refractivity contribution in [3.63, 3.8) is 0 Å². The lowest BCUT2D eigenvalue weighted by Crippen LogP contribution is -2.53. The molecule has 1 heterocycles. The monoisotopic (exact) mass is 442 g/mol. The van der Waals surface area contributed by atoms with Gasteiger partial charge in [0.1, 0.15) is 0 Å². The van der Waals surface area contributed by atoms with E-state index in [9.17, 15) is 0 Å². The predicted molar refractivity (Wildman–Crippen MR) is 131 cm³/mol. The third-order valence-electron chi connectivity index (χ3n) is 11.5. The first-order valence-corrected chi connectivity index (χ1v) is 15.1. The summed E-state index contributed by atoms with van der Waals surface area (Å²) < 4.78 is 14.1. The quantitative estimate of drug-likeness (QED) is 0.386. The highest BCUT2D eigenvalue weighted by Gasteiger charge is 2.53. The van der Waals surface area contributed by atoms with Crippen molar-refractivity contribution in [2.45, 2.75) is 128 Å². The molecular formula is C30H50O2. The van der Waals surface area contributed by atoms with Crippen molar-refractivity contribution in [2.24, 2.45) is 47.3 Å². The Labute approximate surface area is 198 Å². The molecule has 8 unspecified atom stereocenters. The summed E-state index contributed by atoms with van der Waals surface area (Å²) in [5.74, 6) is 6.98. The molecule has 2 heteroatoms. The summed E-state index contributed by atoms with van der Waals surface area (Å²) in [5, 5.41) is 0. The molecule has 0 radical (unpaired) electrons. The van der Waals surface area contributed by atoms with Gasteiger partial charge in [-0.2, -0.15) is 0 Å². The van der Waals surface area contributed by atoms with E-state index in [4.69, 9.17) is 9.47 Å². The maximum Gasteiger partial charge on any atom is 0.0610 e. The second-order valence-electron chi connectivity index (χ2n) is 13.0. The van der Waals surface area contributed by atoms with Gasteiger partial charge in [-0.25, -0.2) is 0 Å². The summed E-state index contributed by atoms with van der Waals surface area (Å²) in [4.78, 5) is 0. The fourth-order valence-electron chi connectivity index (χ4n) is 9.95. The van der Waals surface area contributed by atoms with Gasteiger partial charge in [-0.15, -0.1) is 0 Å². The van der Waals surface area contributed by atoms with Crippen LogP contribution in [0.1, 0.15) is 116 Å². The first kappa shape index (κ1) is 22.4. The van der Waals surface area contributed by atoms with Gasteiger partial charge in [-0.3, -0.25) is 0 Å². The van der Waals surface area contributed by atoms with Crippen LogP contribution in [0, 0.1) is 47.3 Å². The zero-order valence-corrected chi connectivity index (χ0v) is 20.7. The maximum absolute atomic E-state index is 7.07. The minimum Gasteiger partial charge on any atom is -0.378 e. The molecule has 0 aromatic carbocycles. The Bertz CT molecular complexity index is 554. The van der Waals surface area contributed by atoms with Gasteiger partial charge in [-0.1, -0.05) is 77.0 Å². The molecule has 0 bridgehead atoms. The zero-order chi connectivity index (χ0) is 21.3. The van der Waals surface area contributed by atoms with E-state index in [1.54, 1.807) is 0 Å². The second-order valence-corrected chi connectivity index (χ2v) is 13.0. The highest BCUT2D eigenvalue weighted by molar-refractivity contribution is 5.02. The Morgan fingerprint density at radius 3 is 1.31 bits per heavy atom. The van der Waals surface area contributed by atoms with Crippen LogP contribution in [0.2, 0.25) is 0 Å². The van der Waals surface area contributed by atoms with Gasteiger partial charge in [0.25, 0.3) is 0 Å². The highest BCUT2D eigenvalue weighted by Crippen LogP contribution is 2.56. The predicted octanol–water partition coefficient (Wildman–Crippen LogP) is 7.79. The molecule has 5 saturated carbocycles. The SMILES string of the molecule is C1CCCC(C2COC3CCC4CCCCC4C3C3C(CCC4CCCCC43)OC2)CC1. The van der Waals surface area contributed by atoms with Crippen molar-refractivity contribution >= 4 is 0 Å². The average Bonchev–Trinajstić information content (AvgIpc) is 3.09. The van der Waals surface area contributed by atoms with Crippen LogP contribution in [0.25, 0.3) is 0 Å². The fourth-order valence-corrected chi connectivity index (χ4v) is 9.95. The lowest BCUT2D eigenvalue weighted by molar-refractivity contribution is -0.140. The van der Waals surface area contributed by atoms with E-state index in [1.807, 2.05) is 0 Å². The van der Waals surface area contributed by atoms with Gasteiger partial charge in [0.2, 0.25) is 0 Å². The lowest BCUT2D eigenvalue weighted by atomic mass is 9.53. The summed E-state index contributed by atoms with van der Waals surface area (Å²) in [7, 11) is 0. The molecule has 182 valence electrons. The Kier molecular flexibility index (Phi) is 7.18. The van der Waals surface area contributed by atoms with E-state index < -0.39 is 0 Å². The average molecular weight is 443 g/mol. The van der Waals surface area contributed by atoms with Crippen LogP contribution in [-0.2, 0) is 9.47 Å². The number of rotatable bonds is 1. The molecule has 6 fully saturated rings. The van der Waals surface area contributed by atoms with Crippen LogP contribution in [-0.4, -0.2) is 25.4 Å². The smallest absolute Gasteiger partial charge is 0.0610 e. The molecule has 8 atom stereocenters. The number of ether oxygens (including phenoxy) is 2. The molecule has 0 spiro atoms. The molecule has 0 N–H and O–H groups in total. The fraction of sp³-hybridized carbons (Fsp3) is 1.00. The van der Waals surface area contributed by atoms with Gasteiger partial charge in [0.15, 0.2) is 0 Å². The van der Waals surface area contributed by atoms with Gasteiger partial charge in [0, 0.05) is 5.92 Å². The van der Waals surface area contributed by atoms with Crippen LogP contribution in [0.3, 0.4) is 0 Å². The Balaban J connectivity index is 1.29. The van der Waals surface area contributed by atoms with Crippen molar-refractivity contribution < 1.29 is 9.47 Å². The van der Waals surface area contributed by atoms with Gasteiger partial charge in [-0.05, 0) is 80.0 Å². The van der Waals surface area contributed by atoms with Gasteiger partial charge < -0.3 is 9.47 Å². The summed E-state index contributed by atoms with van der Waals surface area (Å²) in [6.07, 6.45) is 27.2. The lowest BCUT2D eigenvalue weighted by Gasteiger charge is -2.55. The van der Waals surface area contributed by atoms with E-state index in [2.05, 4.69) is 0 Å². The second kappa shape index (κ2) is 10.3. The Morgan fingerprint density at radius 1 is 0.344 bits per heavy atom. The molecule has 1 aliphatic heterocycles. The molecule has 0 aromatic heterocycles. The van der Waals surface area contributed by atoms with E-state index in [1.165, 1.54) is 116 Å². The molecule has 6 aliphatic rings. The standard InChI is InChI=1S/C30H50O2/c1-2-4-10-21(9-3-1)24-19-31-27-17-15-22-11-5-7-13-25(22)29(27)30-26-14-8-6-12-23(26)16-18-28(30)32-20-24/h21-30H,1-20H2. The van der Waals surface area contributed by atoms with E-state index >= 15 is 0 Å². The molecule has 6 rings (SSSR count). The van der Waals surface area contributed by atoms with Crippen LogP contribution < -0.4 is 0 Å². The zero-order valence-electron chi connectivity index (χ0n) is 20.7. The van der Waals surface area contributed by atoms with Crippen LogP contribution in [0.5, 0.6) is 0 Å². The van der Waals surface area contributed by atoms with Crippen molar-refractivity contribution in [3.8, 4) is 0 Å². The third-order valence-corrected chi connectivity index (χ3v) is 11.5. The molecule has 1 saturated heterocycles. The molecular weight excluding hydrogens is 392 g/mol. The molecule has 0 amide bonds. The van der Waals surface area contributed by atoms with E-state index in [-0.39, 0.29) is 0 Å². The van der Waals surface area contributed by atoms with Crippen molar-refractivity contribution in [1.82, 2.24) is 0 Å². The summed E-state index contributed by atoms with van der Waals surface area (Å²) >= 11 is 0.